The molecule has 174 valence electrons. The van der Waals surface area contributed by atoms with E-state index in [0.717, 1.165) is 22.9 Å². The Bertz CT molecular complexity index is 1230. The number of halogens is 1. The highest BCUT2D eigenvalue weighted by atomic mass is 35.5. The second-order valence-corrected chi connectivity index (χ2v) is 8.78. The first kappa shape index (κ1) is 23.7. The fourth-order valence-electron chi connectivity index (χ4n) is 4.28. The van der Waals surface area contributed by atoms with Crippen LogP contribution < -0.4 is 16.4 Å². The smallest absolute Gasteiger partial charge is 0.319 e. The maximum absolute atomic E-state index is 12.2. The lowest BCUT2D eigenvalue weighted by Crippen LogP contribution is -2.31. The summed E-state index contributed by atoms with van der Waals surface area (Å²) < 4.78 is 0. The van der Waals surface area contributed by atoms with Crippen molar-refractivity contribution in [1.82, 2.24) is 10.3 Å². The zero-order valence-electron chi connectivity index (χ0n) is 18.8. The average Bonchev–Trinajstić information content (AvgIpc) is 3.78. The van der Waals surface area contributed by atoms with Crippen molar-refractivity contribution in [2.75, 3.05) is 5.32 Å². The van der Waals surface area contributed by atoms with Gasteiger partial charge in [0, 0.05) is 47.1 Å². The van der Waals surface area contributed by atoms with E-state index in [-0.39, 0.29) is 24.5 Å². The fourth-order valence-corrected chi connectivity index (χ4v) is 4.28. The molecule has 0 aliphatic heterocycles. The van der Waals surface area contributed by atoms with E-state index < -0.39 is 0 Å². The number of carbonyl (C=O) groups is 1. The van der Waals surface area contributed by atoms with Gasteiger partial charge in [-0.2, -0.15) is 0 Å². The van der Waals surface area contributed by atoms with Crippen LogP contribution in [0, 0.1) is 0 Å². The number of nitrogens with zero attached hydrogens (tertiary/aromatic N) is 1. The largest absolute Gasteiger partial charge is 0.334 e. The number of carbonyl (C=O) groups excluding carboxylic acids is 1. The Balaban J connectivity index is 0.000000209. The van der Waals surface area contributed by atoms with E-state index in [1.165, 1.54) is 17.5 Å². The lowest BCUT2D eigenvalue weighted by molar-refractivity contribution is 0.251. The van der Waals surface area contributed by atoms with Crippen LogP contribution in [-0.2, 0) is 0 Å². The summed E-state index contributed by atoms with van der Waals surface area (Å²) in [6, 6.07) is 29.0. The van der Waals surface area contributed by atoms with E-state index in [1.54, 1.807) is 12.4 Å². The number of benzene rings is 3. The first-order chi connectivity index (χ1) is 16.2. The van der Waals surface area contributed by atoms with Crippen LogP contribution >= 0.6 is 12.4 Å². The number of anilines is 1. The van der Waals surface area contributed by atoms with Crippen molar-refractivity contribution in [3.8, 4) is 0 Å². The molecule has 6 rings (SSSR count). The van der Waals surface area contributed by atoms with Gasteiger partial charge in [0.1, 0.15) is 0 Å². The summed E-state index contributed by atoms with van der Waals surface area (Å²) in [6.45, 7) is 0. The standard InChI is InChI=1S/C19H17N3O.C9H11N.ClH/c23-19(22-18-11-16(18)13-5-2-1-3-6-13)21-17-8-4-7-14-12-20-10-9-15(14)17;10-9-6-8(9)7-4-2-1-3-5-7;/h1-10,12,16,18H,11H2,(H2,21,22,23);1-5,8-9H,6,10H2;1H/t16-,18+;8-,9+;/m00./s1. The SMILES string of the molecule is Cl.N[C@@H]1C[C@H]1c1ccccc1.O=C(Nc1cccc2cnccc12)N[C@@H]1C[C@H]1c1ccccc1. The van der Waals surface area contributed by atoms with Crippen molar-refractivity contribution in [2.24, 2.45) is 5.73 Å². The molecular weight excluding hydrogens is 444 g/mol. The number of hydrogen-bond donors (Lipinski definition) is 3. The minimum atomic E-state index is -0.155. The number of rotatable bonds is 4. The number of fused-ring (bicyclic) bond motifs is 1. The van der Waals surface area contributed by atoms with Gasteiger partial charge in [0.05, 0.1) is 5.69 Å². The summed E-state index contributed by atoms with van der Waals surface area (Å²) in [5, 5.41) is 8.01. The fraction of sp³-hybridized carbons (Fsp3) is 0.214. The first-order valence-electron chi connectivity index (χ1n) is 11.4. The molecule has 1 aromatic heterocycles. The molecular formula is C28H29ClN4O. The molecule has 4 aromatic rings. The molecule has 2 amide bonds. The number of nitrogens with two attached hydrogens (primary N) is 1. The molecule has 2 saturated carbocycles. The highest BCUT2D eigenvalue weighted by Gasteiger charge is 2.39. The van der Waals surface area contributed by atoms with Crippen molar-refractivity contribution in [3.63, 3.8) is 0 Å². The first-order valence-corrected chi connectivity index (χ1v) is 11.4. The zero-order chi connectivity index (χ0) is 22.6. The van der Waals surface area contributed by atoms with E-state index in [2.05, 4.69) is 52.0 Å². The number of amides is 2. The van der Waals surface area contributed by atoms with Crippen LogP contribution in [0.4, 0.5) is 10.5 Å². The highest BCUT2D eigenvalue weighted by molar-refractivity contribution is 6.01. The predicted molar refractivity (Wildman–Crippen MR) is 141 cm³/mol. The number of hydrogen-bond acceptors (Lipinski definition) is 3. The van der Waals surface area contributed by atoms with Crippen molar-refractivity contribution in [3.05, 3.63) is 108 Å². The van der Waals surface area contributed by atoms with E-state index in [9.17, 15) is 4.79 Å². The molecule has 2 aliphatic carbocycles. The monoisotopic (exact) mass is 472 g/mol. The summed E-state index contributed by atoms with van der Waals surface area (Å²) in [5.41, 5.74) is 9.19. The third-order valence-corrected chi connectivity index (χ3v) is 6.33. The average molecular weight is 473 g/mol. The summed E-state index contributed by atoms with van der Waals surface area (Å²) in [5.74, 6) is 1.08. The molecule has 2 fully saturated rings. The number of urea groups is 1. The molecule has 1 heterocycles. The molecule has 6 heteroatoms. The van der Waals surface area contributed by atoms with Gasteiger partial charge in [-0.25, -0.2) is 4.79 Å². The Morgan fingerprint density at radius 2 is 1.47 bits per heavy atom. The molecule has 0 radical (unpaired) electrons. The number of pyridine rings is 1. The quantitative estimate of drug-likeness (QED) is 0.349. The summed E-state index contributed by atoms with van der Waals surface area (Å²) in [4.78, 5) is 16.4. The van der Waals surface area contributed by atoms with Crippen molar-refractivity contribution >= 4 is 34.9 Å². The van der Waals surface area contributed by atoms with Crippen LogP contribution in [0.1, 0.15) is 35.8 Å². The lowest BCUT2D eigenvalue weighted by atomic mass is 10.1. The van der Waals surface area contributed by atoms with Crippen LogP contribution in [-0.4, -0.2) is 23.1 Å². The van der Waals surface area contributed by atoms with Crippen molar-refractivity contribution in [2.45, 2.75) is 36.8 Å². The molecule has 0 bridgehead atoms. The molecule has 3 aromatic carbocycles. The minimum absolute atomic E-state index is 0. The van der Waals surface area contributed by atoms with Gasteiger partial charge in [0.25, 0.3) is 0 Å². The van der Waals surface area contributed by atoms with Gasteiger partial charge in [-0.3, -0.25) is 4.98 Å². The second kappa shape index (κ2) is 10.7. The van der Waals surface area contributed by atoms with Gasteiger partial charge in [0.2, 0.25) is 0 Å². The second-order valence-electron chi connectivity index (χ2n) is 8.78. The molecule has 4 atom stereocenters. The summed E-state index contributed by atoms with van der Waals surface area (Å²) in [6.07, 6.45) is 5.70. The Kier molecular flexibility index (Phi) is 7.46. The van der Waals surface area contributed by atoms with E-state index >= 15 is 0 Å². The summed E-state index contributed by atoms with van der Waals surface area (Å²) in [7, 11) is 0. The van der Waals surface area contributed by atoms with Crippen molar-refractivity contribution < 1.29 is 4.79 Å². The van der Waals surface area contributed by atoms with Gasteiger partial charge >= 0.3 is 6.03 Å². The summed E-state index contributed by atoms with van der Waals surface area (Å²) >= 11 is 0. The highest BCUT2D eigenvalue weighted by Crippen LogP contribution is 2.40. The minimum Gasteiger partial charge on any atom is -0.334 e. The normalized spacial score (nSPS) is 21.9. The molecule has 0 unspecified atom stereocenters. The topological polar surface area (TPSA) is 80.0 Å². The molecule has 2 aliphatic rings. The molecule has 0 spiro atoms. The number of nitrogens with one attached hydrogen (secondary N) is 2. The zero-order valence-corrected chi connectivity index (χ0v) is 19.6. The maximum Gasteiger partial charge on any atom is 0.319 e. The van der Waals surface area contributed by atoms with E-state index in [0.29, 0.717) is 17.9 Å². The van der Waals surface area contributed by atoms with Crippen molar-refractivity contribution in [1.29, 1.82) is 0 Å². The Morgan fingerprint density at radius 1 is 0.824 bits per heavy atom. The van der Waals surface area contributed by atoms with E-state index in [1.807, 2.05) is 48.5 Å². The Labute approximate surface area is 206 Å². The molecule has 4 N–H and O–H groups in total. The lowest BCUT2D eigenvalue weighted by Gasteiger charge is -2.10. The molecule has 0 saturated heterocycles. The van der Waals surface area contributed by atoms with Gasteiger partial charge in [-0.05, 0) is 36.1 Å². The van der Waals surface area contributed by atoms with Gasteiger partial charge in [-0.1, -0.05) is 72.8 Å². The molecule has 34 heavy (non-hydrogen) atoms. The number of aromatic nitrogens is 1. The van der Waals surface area contributed by atoms with Crippen LogP contribution in [0.5, 0.6) is 0 Å². The predicted octanol–water partition coefficient (Wildman–Crippen LogP) is 5.84. The van der Waals surface area contributed by atoms with E-state index in [4.69, 9.17) is 5.73 Å². The molecule has 5 nitrogen and oxygen atoms in total. The van der Waals surface area contributed by atoms with Crippen LogP contribution in [0.25, 0.3) is 10.8 Å². The third-order valence-electron chi connectivity index (χ3n) is 6.33. The van der Waals surface area contributed by atoms with Crippen LogP contribution in [0.15, 0.2) is 97.3 Å². The Hall–Kier alpha value is -3.41. The maximum atomic E-state index is 12.2. The Morgan fingerprint density at radius 3 is 2.12 bits per heavy atom. The van der Waals surface area contributed by atoms with Gasteiger partial charge in [-0.15, -0.1) is 12.4 Å². The van der Waals surface area contributed by atoms with Crippen LogP contribution in [0.3, 0.4) is 0 Å². The third kappa shape index (κ3) is 5.74. The van der Waals surface area contributed by atoms with Crippen LogP contribution in [0.2, 0.25) is 0 Å². The van der Waals surface area contributed by atoms with Gasteiger partial charge in [0.15, 0.2) is 0 Å². The van der Waals surface area contributed by atoms with Gasteiger partial charge < -0.3 is 16.4 Å².